The molecule has 0 aromatic heterocycles. The summed E-state index contributed by atoms with van der Waals surface area (Å²) in [6, 6.07) is 7.15. The molecular weight excluding hydrogens is 284 g/mol. The van der Waals surface area contributed by atoms with Gasteiger partial charge in [0.05, 0.1) is 0 Å². The minimum Gasteiger partial charge on any atom is -0.481 e. The van der Waals surface area contributed by atoms with Gasteiger partial charge in [-0.2, -0.15) is 0 Å². The van der Waals surface area contributed by atoms with Crippen molar-refractivity contribution in [3.8, 4) is 0 Å². The van der Waals surface area contributed by atoms with E-state index < -0.39 is 5.97 Å². The number of aliphatic carboxylic acids is 1. The number of likely N-dealkylation sites (tertiary alicyclic amines) is 1. The number of carbonyl (C=O) groups is 3. The first-order valence-electron chi connectivity index (χ1n) is 7.31. The van der Waals surface area contributed by atoms with Gasteiger partial charge < -0.3 is 15.3 Å². The summed E-state index contributed by atoms with van der Waals surface area (Å²) in [5.74, 6) is -1.32. The molecule has 0 aliphatic carbocycles. The Morgan fingerprint density at radius 1 is 1.41 bits per heavy atom. The van der Waals surface area contributed by atoms with E-state index in [1.54, 1.807) is 30.1 Å². The normalized spacial score (nSPS) is 18.1. The van der Waals surface area contributed by atoms with Crippen molar-refractivity contribution in [3.63, 3.8) is 0 Å². The van der Waals surface area contributed by atoms with E-state index in [1.807, 2.05) is 6.07 Å². The summed E-state index contributed by atoms with van der Waals surface area (Å²) in [4.78, 5) is 36.1. The molecule has 6 nitrogen and oxygen atoms in total. The van der Waals surface area contributed by atoms with Gasteiger partial charge in [0, 0.05) is 38.0 Å². The quantitative estimate of drug-likeness (QED) is 0.863. The van der Waals surface area contributed by atoms with Crippen LogP contribution in [0.5, 0.6) is 0 Å². The van der Waals surface area contributed by atoms with Gasteiger partial charge in [0.25, 0.3) is 0 Å². The lowest BCUT2D eigenvalue weighted by Crippen LogP contribution is -2.39. The van der Waals surface area contributed by atoms with E-state index in [2.05, 4.69) is 5.32 Å². The monoisotopic (exact) mass is 304 g/mol. The van der Waals surface area contributed by atoms with Gasteiger partial charge in [-0.1, -0.05) is 12.1 Å². The lowest BCUT2D eigenvalue weighted by Gasteiger charge is -2.27. The molecule has 0 saturated carbocycles. The number of nitrogens with zero attached hydrogens (tertiary/aromatic N) is 1. The molecule has 2 N–H and O–H groups in total. The maximum Gasteiger partial charge on any atom is 0.303 e. The minimum absolute atomic E-state index is 0.0124. The Kier molecular flexibility index (Phi) is 5.14. The van der Waals surface area contributed by atoms with Crippen LogP contribution >= 0.6 is 0 Å². The molecule has 118 valence electrons. The van der Waals surface area contributed by atoms with E-state index in [0.29, 0.717) is 25.1 Å². The second kappa shape index (κ2) is 7.06. The van der Waals surface area contributed by atoms with Gasteiger partial charge in [-0.15, -0.1) is 0 Å². The maximum atomic E-state index is 12.2. The predicted octanol–water partition coefficient (Wildman–Crippen LogP) is 1.51. The van der Waals surface area contributed by atoms with Crippen LogP contribution in [0.3, 0.4) is 0 Å². The topological polar surface area (TPSA) is 86.7 Å². The first kappa shape index (κ1) is 16.0. The van der Waals surface area contributed by atoms with Crippen molar-refractivity contribution in [3.05, 3.63) is 29.8 Å². The fraction of sp³-hybridized carbons (Fsp3) is 0.438. The number of hydrogen-bond acceptors (Lipinski definition) is 3. The largest absolute Gasteiger partial charge is 0.481 e. The van der Waals surface area contributed by atoms with Crippen LogP contribution in [0.2, 0.25) is 0 Å². The Labute approximate surface area is 129 Å². The van der Waals surface area contributed by atoms with Crippen LogP contribution in [0.4, 0.5) is 5.69 Å². The van der Waals surface area contributed by atoms with Gasteiger partial charge in [-0.05, 0) is 30.5 Å². The Morgan fingerprint density at radius 2 is 2.18 bits per heavy atom. The molecule has 0 bridgehead atoms. The summed E-state index contributed by atoms with van der Waals surface area (Å²) in [6.45, 7) is 0.593. The van der Waals surface area contributed by atoms with Crippen LogP contribution in [-0.4, -0.2) is 41.4 Å². The first-order chi connectivity index (χ1) is 10.5. The summed E-state index contributed by atoms with van der Waals surface area (Å²) >= 11 is 0. The molecule has 1 fully saturated rings. The van der Waals surface area contributed by atoms with E-state index in [9.17, 15) is 14.4 Å². The highest BCUT2D eigenvalue weighted by atomic mass is 16.4. The third-order valence-electron chi connectivity index (χ3n) is 3.85. The summed E-state index contributed by atoms with van der Waals surface area (Å²) in [5, 5.41) is 11.5. The van der Waals surface area contributed by atoms with Crippen molar-refractivity contribution in [2.45, 2.75) is 25.7 Å². The molecule has 6 heteroatoms. The Hall–Kier alpha value is -2.37. The van der Waals surface area contributed by atoms with Crippen LogP contribution in [-0.2, 0) is 20.8 Å². The van der Waals surface area contributed by atoms with Crippen molar-refractivity contribution in [2.75, 3.05) is 18.9 Å². The lowest BCUT2D eigenvalue weighted by atomic mass is 9.95. The van der Waals surface area contributed by atoms with E-state index in [-0.39, 0.29) is 30.6 Å². The fourth-order valence-electron chi connectivity index (χ4n) is 2.47. The van der Waals surface area contributed by atoms with Crippen molar-refractivity contribution in [1.29, 1.82) is 0 Å². The molecule has 1 saturated heterocycles. The summed E-state index contributed by atoms with van der Waals surface area (Å²) in [5.41, 5.74) is 1.50. The lowest BCUT2D eigenvalue weighted by molar-refractivity contribution is -0.137. The fourth-order valence-corrected chi connectivity index (χ4v) is 2.47. The SMILES string of the molecule is CN1CCC(C(=O)Nc2cccc(CCC(=O)O)c2)CC1=O. The van der Waals surface area contributed by atoms with Crippen LogP contribution in [0.15, 0.2) is 24.3 Å². The average Bonchev–Trinajstić information content (AvgIpc) is 2.48. The number of carbonyl (C=O) groups excluding carboxylic acids is 2. The van der Waals surface area contributed by atoms with Crippen molar-refractivity contribution in [1.82, 2.24) is 4.90 Å². The smallest absolute Gasteiger partial charge is 0.303 e. The van der Waals surface area contributed by atoms with Gasteiger partial charge in [-0.25, -0.2) is 0 Å². The molecule has 0 spiro atoms. The van der Waals surface area contributed by atoms with E-state index in [0.717, 1.165) is 5.56 Å². The average molecular weight is 304 g/mol. The molecule has 2 rings (SSSR count). The number of anilines is 1. The Bertz CT molecular complexity index is 585. The van der Waals surface area contributed by atoms with E-state index in [4.69, 9.17) is 5.11 Å². The molecule has 22 heavy (non-hydrogen) atoms. The molecule has 0 radical (unpaired) electrons. The standard InChI is InChI=1S/C16H20N2O4/c1-18-8-7-12(10-14(18)19)16(22)17-13-4-2-3-11(9-13)5-6-15(20)21/h2-4,9,12H,5-8,10H2,1H3,(H,17,22)(H,20,21). The van der Waals surface area contributed by atoms with E-state index >= 15 is 0 Å². The van der Waals surface area contributed by atoms with Gasteiger partial charge in [-0.3, -0.25) is 14.4 Å². The predicted molar refractivity (Wildman–Crippen MR) is 81.4 cm³/mol. The zero-order valence-electron chi connectivity index (χ0n) is 12.5. The highest BCUT2D eigenvalue weighted by Gasteiger charge is 2.28. The minimum atomic E-state index is -0.848. The molecule has 1 aromatic carbocycles. The van der Waals surface area contributed by atoms with Gasteiger partial charge in [0.2, 0.25) is 11.8 Å². The molecule has 1 aliphatic rings. The van der Waals surface area contributed by atoms with Gasteiger partial charge in [0.15, 0.2) is 0 Å². The first-order valence-corrected chi connectivity index (χ1v) is 7.31. The second-order valence-corrected chi connectivity index (χ2v) is 5.59. The second-order valence-electron chi connectivity index (χ2n) is 5.59. The highest BCUT2D eigenvalue weighted by molar-refractivity contribution is 5.95. The molecule has 2 amide bonds. The highest BCUT2D eigenvalue weighted by Crippen LogP contribution is 2.20. The van der Waals surface area contributed by atoms with Crippen LogP contribution in [0, 0.1) is 5.92 Å². The molecule has 1 aromatic rings. The Morgan fingerprint density at radius 3 is 2.86 bits per heavy atom. The number of aryl methyl sites for hydroxylation is 1. The third-order valence-corrected chi connectivity index (χ3v) is 3.85. The van der Waals surface area contributed by atoms with E-state index in [1.165, 1.54) is 0 Å². The molecule has 1 unspecified atom stereocenters. The summed E-state index contributed by atoms with van der Waals surface area (Å²) in [7, 11) is 1.74. The number of amides is 2. The number of rotatable bonds is 5. The number of benzene rings is 1. The summed E-state index contributed by atoms with van der Waals surface area (Å²) < 4.78 is 0. The van der Waals surface area contributed by atoms with Crippen LogP contribution in [0.25, 0.3) is 0 Å². The van der Waals surface area contributed by atoms with Crippen LogP contribution in [0.1, 0.15) is 24.8 Å². The molecular formula is C16H20N2O4. The molecule has 1 heterocycles. The van der Waals surface area contributed by atoms with Crippen molar-refractivity contribution < 1.29 is 19.5 Å². The van der Waals surface area contributed by atoms with Crippen molar-refractivity contribution in [2.24, 2.45) is 5.92 Å². The summed E-state index contributed by atoms with van der Waals surface area (Å²) in [6.07, 6.45) is 1.38. The van der Waals surface area contributed by atoms with Crippen LogP contribution < -0.4 is 5.32 Å². The number of carboxylic acid groups (broad SMARTS) is 1. The van der Waals surface area contributed by atoms with Gasteiger partial charge in [0.1, 0.15) is 0 Å². The number of carboxylic acids is 1. The maximum absolute atomic E-state index is 12.2. The third kappa shape index (κ3) is 4.31. The van der Waals surface area contributed by atoms with Gasteiger partial charge >= 0.3 is 5.97 Å². The molecule has 1 aliphatic heterocycles. The zero-order chi connectivity index (χ0) is 16.1. The number of nitrogens with one attached hydrogen (secondary N) is 1. The number of hydrogen-bond donors (Lipinski definition) is 2. The molecule has 1 atom stereocenters. The Balaban J connectivity index is 1.95. The zero-order valence-corrected chi connectivity index (χ0v) is 12.5. The van der Waals surface area contributed by atoms with Crippen molar-refractivity contribution >= 4 is 23.5 Å². The number of piperidine rings is 1.